The van der Waals surface area contributed by atoms with Gasteiger partial charge in [0, 0.05) is 41.9 Å². The molecule has 0 aliphatic carbocycles. The molecule has 5 rings (SSSR count). The molecule has 3 aromatic rings. The van der Waals surface area contributed by atoms with Crippen molar-refractivity contribution in [1.82, 2.24) is 20.4 Å². The molecule has 8 nitrogen and oxygen atoms in total. The maximum atomic E-state index is 13.4. The molecule has 2 aliphatic heterocycles. The van der Waals surface area contributed by atoms with Crippen molar-refractivity contribution in [2.75, 3.05) is 11.4 Å². The maximum absolute atomic E-state index is 13.4. The van der Waals surface area contributed by atoms with Crippen LogP contribution in [0.25, 0.3) is 0 Å². The third-order valence-corrected chi connectivity index (χ3v) is 6.43. The lowest BCUT2D eigenvalue weighted by Gasteiger charge is -2.41. The standard InChI is InChI=1S/C25H25N5O3/c1-15-20(16(2)28-27-15)14-26-22(31)12-7-13-29-23-17-8-3-4-9-18(17)25(33)30(23)21-11-6-5-10-19(21)24(29)32/h3-6,8-11,23H,7,12-14H2,1-2H3,(H,26,31)(H,27,28)/t23-/m1/s1. The smallest absolute Gasteiger partial charge is 0.260 e. The first kappa shape index (κ1) is 20.9. The Hall–Kier alpha value is -3.94. The van der Waals surface area contributed by atoms with E-state index in [4.69, 9.17) is 0 Å². The fraction of sp³-hybridized carbons (Fsp3) is 0.280. The molecule has 0 saturated heterocycles. The minimum Gasteiger partial charge on any atom is -0.352 e. The Bertz CT molecular complexity index is 1240. The number of H-pyrrole nitrogens is 1. The summed E-state index contributed by atoms with van der Waals surface area (Å²) in [6, 6.07) is 14.6. The fourth-order valence-corrected chi connectivity index (χ4v) is 4.72. The second-order valence-electron chi connectivity index (χ2n) is 8.44. The second-order valence-corrected chi connectivity index (χ2v) is 8.44. The van der Waals surface area contributed by atoms with E-state index < -0.39 is 6.17 Å². The quantitative estimate of drug-likeness (QED) is 0.611. The van der Waals surface area contributed by atoms with Crippen LogP contribution in [0.1, 0.15) is 62.2 Å². The molecule has 2 aliphatic rings. The molecule has 168 valence electrons. The Labute approximate surface area is 191 Å². The van der Waals surface area contributed by atoms with Gasteiger partial charge >= 0.3 is 0 Å². The molecule has 0 fully saturated rings. The number of aromatic nitrogens is 2. The number of rotatable bonds is 6. The van der Waals surface area contributed by atoms with Gasteiger partial charge in [-0.05, 0) is 38.5 Å². The molecular weight excluding hydrogens is 418 g/mol. The Morgan fingerprint density at radius 1 is 1.03 bits per heavy atom. The first-order valence-electron chi connectivity index (χ1n) is 11.1. The first-order chi connectivity index (χ1) is 16.0. The number of carbonyl (C=O) groups is 3. The van der Waals surface area contributed by atoms with Gasteiger partial charge in [0.05, 0.1) is 16.9 Å². The zero-order chi connectivity index (χ0) is 23.1. The highest BCUT2D eigenvalue weighted by Gasteiger charge is 2.47. The van der Waals surface area contributed by atoms with Crippen LogP contribution in [-0.2, 0) is 11.3 Å². The van der Waals surface area contributed by atoms with Gasteiger partial charge in [-0.25, -0.2) is 0 Å². The number of nitrogens with zero attached hydrogens (tertiary/aromatic N) is 3. The van der Waals surface area contributed by atoms with Crippen LogP contribution in [-0.4, -0.2) is 39.4 Å². The Kier molecular flexibility index (Phi) is 5.20. The van der Waals surface area contributed by atoms with Crippen LogP contribution in [0.15, 0.2) is 48.5 Å². The number of amides is 3. The summed E-state index contributed by atoms with van der Waals surface area (Å²) in [6.07, 6.45) is 0.281. The summed E-state index contributed by atoms with van der Waals surface area (Å²) in [6.45, 7) is 4.61. The highest BCUT2D eigenvalue weighted by molar-refractivity contribution is 6.16. The average molecular weight is 444 g/mol. The van der Waals surface area contributed by atoms with E-state index in [1.165, 1.54) is 0 Å². The van der Waals surface area contributed by atoms with Crippen LogP contribution in [0.3, 0.4) is 0 Å². The van der Waals surface area contributed by atoms with E-state index in [-0.39, 0.29) is 24.1 Å². The average Bonchev–Trinajstić information content (AvgIpc) is 3.31. The highest BCUT2D eigenvalue weighted by atomic mass is 16.2. The topological polar surface area (TPSA) is 98.4 Å². The van der Waals surface area contributed by atoms with E-state index in [1.807, 2.05) is 44.2 Å². The lowest BCUT2D eigenvalue weighted by Crippen LogP contribution is -2.48. The largest absolute Gasteiger partial charge is 0.352 e. The van der Waals surface area contributed by atoms with Crippen LogP contribution in [0.4, 0.5) is 5.69 Å². The van der Waals surface area contributed by atoms with Gasteiger partial charge in [-0.3, -0.25) is 24.4 Å². The molecule has 3 heterocycles. The van der Waals surface area contributed by atoms with Crippen molar-refractivity contribution < 1.29 is 14.4 Å². The molecule has 0 saturated carbocycles. The van der Waals surface area contributed by atoms with E-state index in [0.29, 0.717) is 36.3 Å². The van der Waals surface area contributed by atoms with E-state index >= 15 is 0 Å². The van der Waals surface area contributed by atoms with Crippen molar-refractivity contribution in [3.8, 4) is 0 Å². The van der Waals surface area contributed by atoms with Crippen molar-refractivity contribution in [2.45, 2.75) is 39.4 Å². The predicted molar refractivity (Wildman–Crippen MR) is 123 cm³/mol. The number of hydrogen-bond donors (Lipinski definition) is 2. The van der Waals surface area contributed by atoms with Crippen molar-refractivity contribution in [2.24, 2.45) is 0 Å². The number of anilines is 1. The molecule has 0 unspecified atom stereocenters. The summed E-state index contributed by atoms with van der Waals surface area (Å²) in [5, 5.41) is 10.00. The molecule has 0 spiro atoms. The van der Waals surface area contributed by atoms with Crippen LogP contribution in [0.2, 0.25) is 0 Å². The minimum absolute atomic E-state index is 0.0837. The molecular formula is C25H25N5O3. The predicted octanol–water partition coefficient (Wildman–Crippen LogP) is 3.24. The van der Waals surface area contributed by atoms with Crippen LogP contribution < -0.4 is 10.2 Å². The number of hydrogen-bond acceptors (Lipinski definition) is 4. The lowest BCUT2D eigenvalue weighted by molar-refractivity contribution is -0.121. The van der Waals surface area contributed by atoms with Crippen LogP contribution in [0.5, 0.6) is 0 Å². The molecule has 1 atom stereocenters. The van der Waals surface area contributed by atoms with E-state index in [0.717, 1.165) is 22.5 Å². The third-order valence-electron chi connectivity index (χ3n) is 6.43. The van der Waals surface area contributed by atoms with Gasteiger partial charge in [-0.1, -0.05) is 30.3 Å². The summed E-state index contributed by atoms with van der Waals surface area (Å²) in [7, 11) is 0. The van der Waals surface area contributed by atoms with Crippen molar-refractivity contribution >= 4 is 23.4 Å². The van der Waals surface area contributed by atoms with E-state index in [1.54, 1.807) is 28.0 Å². The van der Waals surface area contributed by atoms with E-state index in [2.05, 4.69) is 15.5 Å². The summed E-state index contributed by atoms with van der Waals surface area (Å²) in [5.41, 5.74) is 5.37. The van der Waals surface area contributed by atoms with Crippen molar-refractivity contribution in [3.63, 3.8) is 0 Å². The molecule has 33 heavy (non-hydrogen) atoms. The van der Waals surface area contributed by atoms with Gasteiger partial charge in [-0.2, -0.15) is 5.10 Å². The second kappa shape index (κ2) is 8.20. The van der Waals surface area contributed by atoms with Crippen LogP contribution in [0, 0.1) is 13.8 Å². The summed E-state index contributed by atoms with van der Waals surface area (Å²) < 4.78 is 0. The molecule has 2 N–H and O–H groups in total. The number of para-hydroxylation sites is 1. The summed E-state index contributed by atoms with van der Waals surface area (Å²) in [4.78, 5) is 42.4. The van der Waals surface area contributed by atoms with Crippen molar-refractivity contribution in [1.29, 1.82) is 0 Å². The molecule has 2 aromatic carbocycles. The van der Waals surface area contributed by atoms with Gasteiger partial charge in [0.15, 0.2) is 0 Å². The monoisotopic (exact) mass is 443 g/mol. The lowest BCUT2D eigenvalue weighted by atomic mass is 10.0. The molecule has 3 amide bonds. The zero-order valence-corrected chi connectivity index (χ0v) is 18.6. The molecule has 8 heteroatoms. The number of aromatic amines is 1. The van der Waals surface area contributed by atoms with Crippen molar-refractivity contribution in [3.05, 3.63) is 82.2 Å². The van der Waals surface area contributed by atoms with Gasteiger partial charge in [0.25, 0.3) is 11.8 Å². The SMILES string of the molecule is Cc1n[nH]c(C)c1CNC(=O)CCCN1C(=O)c2ccccc2N2C(=O)c3ccccc3[C@H]12. The highest BCUT2D eigenvalue weighted by Crippen LogP contribution is 2.45. The molecule has 0 bridgehead atoms. The fourth-order valence-electron chi connectivity index (χ4n) is 4.72. The number of benzene rings is 2. The maximum Gasteiger partial charge on any atom is 0.260 e. The van der Waals surface area contributed by atoms with Gasteiger partial charge in [-0.15, -0.1) is 0 Å². The number of aryl methyl sites for hydroxylation is 2. The summed E-state index contributed by atoms with van der Waals surface area (Å²) >= 11 is 0. The van der Waals surface area contributed by atoms with Gasteiger partial charge < -0.3 is 10.2 Å². The molecule has 0 radical (unpaired) electrons. The number of carbonyl (C=O) groups excluding carboxylic acids is 3. The third kappa shape index (κ3) is 3.47. The summed E-state index contributed by atoms with van der Waals surface area (Å²) in [5.74, 6) is -0.315. The van der Waals surface area contributed by atoms with Gasteiger partial charge in [0.2, 0.25) is 5.91 Å². The Balaban J connectivity index is 1.32. The van der Waals surface area contributed by atoms with E-state index in [9.17, 15) is 14.4 Å². The number of fused-ring (bicyclic) bond motifs is 5. The number of nitrogens with one attached hydrogen (secondary N) is 2. The Morgan fingerprint density at radius 3 is 2.52 bits per heavy atom. The molecule has 1 aromatic heterocycles. The van der Waals surface area contributed by atoms with Crippen LogP contribution >= 0.6 is 0 Å². The van der Waals surface area contributed by atoms with Gasteiger partial charge in [0.1, 0.15) is 6.17 Å². The minimum atomic E-state index is -0.490. The zero-order valence-electron chi connectivity index (χ0n) is 18.6. The first-order valence-corrected chi connectivity index (χ1v) is 11.1. The Morgan fingerprint density at radius 2 is 1.76 bits per heavy atom. The normalized spacial score (nSPS) is 16.5.